The van der Waals surface area contributed by atoms with E-state index >= 15 is 0 Å². The minimum Gasteiger partial charge on any atom is -0.480 e. The lowest BCUT2D eigenvalue weighted by atomic mass is 9.78. The van der Waals surface area contributed by atoms with Crippen LogP contribution in [-0.2, 0) is 27.3 Å². The van der Waals surface area contributed by atoms with Crippen LogP contribution >= 0.6 is 0 Å². The van der Waals surface area contributed by atoms with Gasteiger partial charge in [-0.15, -0.1) is 0 Å². The van der Waals surface area contributed by atoms with Gasteiger partial charge >= 0.3 is 11.9 Å². The van der Waals surface area contributed by atoms with E-state index in [0.717, 1.165) is 5.56 Å². The Morgan fingerprint density at radius 1 is 1.40 bits per heavy atom. The second kappa shape index (κ2) is 7.07. The zero-order valence-electron chi connectivity index (χ0n) is 12.3. The fourth-order valence-corrected chi connectivity index (χ4v) is 2.25. The molecular weight excluding hydrogens is 260 g/mol. The lowest BCUT2D eigenvalue weighted by Crippen LogP contribution is -2.42. The number of aryl methyl sites for hydroxylation is 1. The molecule has 0 aliphatic rings. The van der Waals surface area contributed by atoms with Gasteiger partial charge in [-0.3, -0.25) is 14.3 Å². The minimum absolute atomic E-state index is 0.106. The van der Waals surface area contributed by atoms with Crippen molar-refractivity contribution in [3.63, 3.8) is 0 Å². The predicted octanol–water partition coefficient (Wildman–Crippen LogP) is 1.88. The summed E-state index contributed by atoms with van der Waals surface area (Å²) < 4.78 is 6.69. The third-order valence-corrected chi connectivity index (χ3v) is 3.27. The van der Waals surface area contributed by atoms with Crippen LogP contribution in [0.2, 0.25) is 0 Å². The number of hydrogen-bond acceptors (Lipinski definition) is 4. The standard InChI is InChI=1S/C14H22N2O4/c1-4-7-14(12(17)18,13(19)20-6-3)8-11-9-15-16(5-2)10-11/h9-10H,4-8H2,1-3H3,(H,17,18). The maximum absolute atomic E-state index is 12.1. The molecule has 6 nitrogen and oxygen atoms in total. The van der Waals surface area contributed by atoms with Crippen LogP contribution in [-0.4, -0.2) is 33.4 Å². The first-order valence-electron chi connectivity index (χ1n) is 6.92. The van der Waals surface area contributed by atoms with Crippen molar-refractivity contribution in [1.82, 2.24) is 9.78 Å². The number of nitrogens with zero attached hydrogens (tertiary/aromatic N) is 2. The van der Waals surface area contributed by atoms with Gasteiger partial charge in [-0.2, -0.15) is 5.10 Å². The number of carbonyl (C=O) groups excluding carboxylic acids is 1. The second-order valence-corrected chi connectivity index (χ2v) is 4.74. The van der Waals surface area contributed by atoms with Gasteiger partial charge in [0.2, 0.25) is 0 Å². The second-order valence-electron chi connectivity index (χ2n) is 4.74. The van der Waals surface area contributed by atoms with Crippen molar-refractivity contribution < 1.29 is 19.4 Å². The first kappa shape index (κ1) is 16.2. The highest BCUT2D eigenvalue weighted by Gasteiger charge is 2.47. The van der Waals surface area contributed by atoms with Crippen LogP contribution in [0.25, 0.3) is 0 Å². The van der Waals surface area contributed by atoms with E-state index in [1.54, 1.807) is 24.0 Å². The van der Waals surface area contributed by atoms with Crippen molar-refractivity contribution in [2.24, 2.45) is 5.41 Å². The normalized spacial score (nSPS) is 13.8. The largest absolute Gasteiger partial charge is 0.480 e. The number of aliphatic carboxylic acids is 1. The molecule has 1 aromatic rings. The van der Waals surface area contributed by atoms with E-state index in [2.05, 4.69) is 5.10 Å². The summed E-state index contributed by atoms with van der Waals surface area (Å²) in [6.45, 7) is 6.34. The average molecular weight is 282 g/mol. The van der Waals surface area contributed by atoms with Gasteiger partial charge in [0.1, 0.15) is 0 Å². The third-order valence-electron chi connectivity index (χ3n) is 3.27. The Hall–Kier alpha value is -1.85. The van der Waals surface area contributed by atoms with E-state index < -0.39 is 17.4 Å². The molecule has 1 aromatic heterocycles. The van der Waals surface area contributed by atoms with Crippen LogP contribution < -0.4 is 0 Å². The summed E-state index contributed by atoms with van der Waals surface area (Å²) in [5.74, 6) is -1.80. The molecule has 0 radical (unpaired) electrons. The maximum atomic E-state index is 12.1. The zero-order chi connectivity index (χ0) is 15.2. The zero-order valence-corrected chi connectivity index (χ0v) is 12.3. The Labute approximate surface area is 118 Å². The van der Waals surface area contributed by atoms with Crippen LogP contribution in [0.4, 0.5) is 0 Å². The van der Waals surface area contributed by atoms with Gasteiger partial charge < -0.3 is 9.84 Å². The van der Waals surface area contributed by atoms with Gasteiger partial charge in [0.15, 0.2) is 5.41 Å². The number of carboxylic acid groups (broad SMARTS) is 1. The number of hydrogen-bond donors (Lipinski definition) is 1. The van der Waals surface area contributed by atoms with Gasteiger partial charge in [0, 0.05) is 19.2 Å². The molecule has 1 N–H and O–H groups in total. The number of aromatic nitrogens is 2. The van der Waals surface area contributed by atoms with E-state index in [0.29, 0.717) is 13.0 Å². The molecule has 0 aliphatic carbocycles. The van der Waals surface area contributed by atoms with Gasteiger partial charge in [0.05, 0.1) is 12.8 Å². The molecule has 0 spiro atoms. The lowest BCUT2D eigenvalue weighted by Gasteiger charge is -2.26. The van der Waals surface area contributed by atoms with E-state index in [-0.39, 0.29) is 19.4 Å². The first-order valence-corrected chi connectivity index (χ1v) is 6.92. The fourth-order valence-electron chi connectivity index (χ4n) is 2.25. The van der Waals surface area contributed by atoms with Gasteiger partial charge in [-0.1, -0.05) is 13.3 Å². The maximum Gasteiger partial charge on any atom is 0.323 e. The summed E-state index contributed by atoms with van der Waals surface area (Å²) >= 11 is 0. The molecule has 1 atom stereocenters. The smallest absolute Gasteiger partial charge is 0.323 e. The molecule has 0 bridgehead atoms. The van der Waals surface area contributed by atoms with Crippen molar-refractivity contribution in [1.29, 1.82) is 0 Å². The number of carbonyl (C=O) groups is 2. The number of rotatable bonds is 8. The number of carboxylic acids is 1. The van der Waals surface area contributed by atoms with E-state index in [1.807, 2.05) is 13.8 Å². The molecule has 20 heavy (non-hydrogen) atoms. The molecule has 0 fully saturated rings. The summed E-state index contributed by atoms with van der Waals surface area (Å²) in [5.41, 5.74) is -0.789. The van der Waals surface area contributed by atoms with Crippen LogP contribution in [0.5, 0.6) is 0 Å². The fraction of sp³-hybridized carbons (Fsp3) is 0.643. The van der Waals surface area contributed by atoms with Crippen molar-refractivity contribution in [3.05, 3.63) is 18.0 Å². The Kier molecular flexibility index (Phi) is 5.73. The molecule has 0 saturated carbocycles. The highest BCUT2D eigenvalue weighted by Crippen LogP contribution is 2.31. The monoisotopic (exact) mass is 282 g/mol. The Bertz CT molecular complexity index is 469. The third kappa shape index (κ3) is 3.37. The first-order chi connectivity index (χ1) is 9.50. The van der Waals surface area contributed by atoms with Crippen LogP contribution in [0.15, 0.2) is 12.4 Å². The summed E-state index contributed by atoms with van der Waals surface area (Å²) in [6, 6.07) is 0. The van der Waals surface area contributed by atoms with E-state index in [4.69, 9.17) is 4.74 Å². The van der Waals surface area contributed by atoms with Crippen LogP contribution in [0.3, 0.4) is 0 Å². The Morgan fingerprint density at radius 3 is 2.55 bits per heavy atom. The van der Waals surface area contributed by atoms with Crippen molar-refractivity contribution in [2.45, 2.75) is 46.6 Å². The highest BCUT2D eigenvalue weighted by molar-refractivity contribution is 5.99. The molecule has 6 heteroatoms. The van der Waals surface area contributed by atoms with Crippen molar-refractivity contribution in [2.75, 3.05) is 6.61 Å². The minimum atomic E-state index is -1.52. The highest BCUT2D eigenvalue weighted by atomic mass is 16.5. The van der Waals surface area contributed by atoms with Crippen LogP contribution in [0, 0.1) is 5.41 Å². The van der Waals surface area contributed by atoms with Gasteiger partial charge in [-0.05, 0) is 25.8 Å². The summed E-state index contributed by atoms with van der Waals surface area (Å²) in [4.78, 5) is 23.8. The lowest BCUT2D eigenvalue weighted by molar-refractivity contribution is -0.169. The molecule has 1 heterocycles. The summed E-state index contributed by atoms with van der Waals surface area (Å²) in [6.07, 6.45) is 4.32. The SMILES string of the molecule is CCCC(Cc1cnn(CC)c1)(C(=O)O)C(=O)OCC. The van der Waals surface area contributed by atoms with Crippen molar-refractivity contribution >= 4 is 11.9 Å². The molecule has 1 rings (SSSR count). The summed E-state index contributed by atoms with van der Waals surface area (Å²) in [7, 11) is 0. The van der Waals surface area contributed by atoms with E-state index in [1.165, 1.54) is 0 Å². The molecule has 1 unspecified atom stereocenters. The predicted molar refractivity (Wildman–Crippen MR) is 73.2 cm³/mol. The Morgan fingerprint density at radius 2 is 2.10 bits per heavy atom. The average Bonchev–Trinajstić information content (AvgIpc) is 2.85. The quantitative estimate of drug-likeness (QED) is 0.581. The molecular formula is C14H22N2O4. The summed E-state index contributed by atoms with van der Waals surface area (Å²) in [5, 5.41) is 13.7. The molecule has 112 valence electrons. The number of esters is 1. The molecule has 0 saturated heterocycles. The van der Waals surface area contributed by atoms with Crippen molar-refractivity contribution in [3.8, 4) is 0 Å². The Balaban J connectivity index is 3.07. The van der Waals surface area contributed by atoms with Crippen LogP contribution in [0.1, 0.15) is 39.2 Å². The molecule has 0 aliphatic heterocycles. The van der Waals surface area contributed by atoms with E-state index in [9.17, 15) is 14.7 Å². The molecule has 0 aromatic carbocycles. The topological polar surface area (TPSA) is 81.4 Å². The van der Waals surface area contributed by atoms with Gasteiger partial charge in [-0.25, -0.2) is 0 Å². The van der Waals surface area contributed by atoms with Gasteiger partial charge in [0.25, 0.3) is 0 Å². The number of ether oxygens (including phenoxy) is 1. The molecule has 0 amide bonds.